The van der Waals surface area contributed by atoms with Crippen molar-refractivity contribution in [2.75, 3.05) is 33.9 Å². The fourth-order valence-corrected chi connectivity index (χ4v) is 3.97. The van der Waals surface area contributed by atoms with Gasteiger partial charge in [0.05, 0.1) is 5.75 Å². The van der Waals surface area contributed by atoms with Gasteiger partial charge in [0, 0.05) is 32.4 Å². The van der Waals surface area contributed by atoms with Crippen LogP contribution < -0.4 is 10.6 Å². The average Bonchev–Trinajstić information content (AvgIpc) is 2.68. The molecule has 0 bridgehead atoms. The molecule has 1 unspecified atom stereocenters. The second-order valence-electron chi connectivity index (χ2n) is 7.60. The number of hydrogen-bond acceptors (Lipinski definition) is 4. The van der Waals surface area contributed by atoms with Gasteiger partial charge in [-0.05, 0) is 49.3 Å². The highest BCUT2D eigenvalue weighted by Crippen LogP contribution is 2.14. The quantitative estimate of drug-likeness (QED) is 0.468. The van der Waals surface area contributed by atoms with E-state index >= 15 is 0 Å². The molecule has 2 rings (SSSR count). The van der Waals surface area contributed by atoms with Crippen LogP contribution in [0.5, 0.6) is 0 Å². The van der Waals surface area contributed by atoms with Crippen molar-refractivity contribution in [3.05, 3.63) is 71.0 Å². The van der Waals surface area contributed by atoms with E-state index in [0.29, 0.717) is 23.6 Å². The Hall–Kier alpha value is -2.45. The third-order valence-electron chi connectivity index (χ3n) is 4.81. The molecule has 0 spiro atoms. The van der Waals surface area contributed by atoms with Gasteiger partial charge in [-0.3, -0.25) is 4.99 Å². The Labute approximate surface area is 179 Å². The number of guanidine groups is 1. The lowest BCUT2D eigenvalue weighted by Gasteiger charge is -2.26. The van der Waals surface area contributed by atoms with Gasteiger partial charge in [-0.15, -0.1) is 0 Å². The first-order valence-electron chi connectivity index (χ1n) is 9.78. The summed E-state index contributed by atoms with van der Waals surface area (Å²) in [5.74, 6) is 0.0443. The van der Waals surface area contributed by atoms with Crippen LogP contribution >= 0.6 is 0 Å². The van der Waals surface area contributed by atoms with E-state index in [2.05, 4.69) is 32.7 Å². The number of halogens is 1. The Bertz CT molecular complexity index is 947. The predicted octanol–water partition coefficient (Wildman–Crippen LogP) is 2.21. The van der Waals surface area contributed by atoms with Crippen molar-refractivity contribution >= 4 is 15.8 Å². The highest BCUT2D eigenvalue weighted by atomic mass is 32.2. The molecule has 0 amide bonds. The van der Waals surface area contributed by atoms with E-state index in [0.717, 1.165) is 6.42 Å². The number of rotatable bonds is 9. The number of likely N-dealkylation sites (N-methyl/N-ethyl adjacent to an activating group) is 1. The standard InChI is InChI=1S/C22H31FN4O2S/c1-24-22(26-15-21(27(2)3)12-17-8-6-5-7-9-17)25-14-19-13-20(23)11-10-18(19)16-30(4,28)29/h5-11,13,21H,12,14-16H2,1-4H3,(H2,24,25,26). The van der Waals surface area contributed by atoms with Gasteiger partial charge in [0.2, 0.25) is 0 Å². The zero-order valence-corrected chi connectivity index (χ0v) is 18.8. The van der Waals surface area contributed by atoms with E-state index < -0.39 is 15.7 Å². The van der Waals surface area contributed by atoms with Crippen LogP contribution in [-0.2, 0) is 28.6 Å². The van der Waals surface area contributed by atoms with Gasteiger partial charge < -0.3 is 15.5 Å². The summed E-state index contributed by atoms with van der Waals surface area (Å²) in [7, 11) is 2.52. The maximum absolute atomic E-state index is 13.7. The molecule has 0 aromatic heterocycles. The SMILES string of the molecule is CN=C(NCc1cc(F)ccc1CS(C)(=O)=O)NCC(Cc1ccccc1)N(C)C. The molecule has 1 atom stereocenters. The summed E-state index contributed by atoms with van der Waals surface area (Å²) in [6.07, 6.45) is 2.06. The number of hydrogen-bond donors (Lipinski definition) is 2. The monoisotopic (exact) mass is 434 g/mol. The smallest absolute Gasteiger partial charge is 0.191 e. The summed E-state index contributed by atoms with van der Waals surface area (Å²) in [6, 6.07) is 14.7. The van der Waals surface area contributed by atoms with Crippen LogP contribution in [0.15, 0.2) is 53.5 Å². The van der Waals surface area contributed by atoms with Crippen molar-refractivity contribution in [3.63, 3.8) is 0 Å². The normalized spacial score (nSPS) is 13.3. The number of nitrogens with zero attached hydrogens (tertiary/aromatic N) is 2. The molecule has 0 saturated carbocycles. The fraction of sp³-hybridized carbons (Fsp3) is 0.409. The average molecular weight is 435 g/mol. The maximum Gasteiger partial charge on any atom is 0.191 e. The predicted molar refractivity (Wildman–Crippen MR) is 121 cm³/mol. The largest absolute Gasteiger partial charge is 0.355 e. The van der Waals surface area contributed by atoms with E-state index in [9.17, 15) is 12.8 Å². The maximum atomic E-state index is 13.7. The van der Waals surface area contributed by atoms with Crippen LogP contribution in [0.1, 0.15) is 16.7 Å². The van der Waals surface area contributed by atoms with Crippen LogP contribution in [0.2, 0.25) is 0 Å². The summed E-state index contributed by atoms with van der Waals surface area (Å²) in [5.41, 5.74) is 2.43. The first-order chi connectivity index (χ1) is 14.2. The summed E-state index contributed by atoms with van der Waals surface area (Å²) < 4.78 is 37.0. The van der Waals surface area contributed by atoms with E-state index in [1.54, 1.807) is 7.05 Å². The Morgan fingerprint density at radius 1 is 1.10 bits per heavy atom. The van der Waals surface area contributed by atoms with Crippen LogP contribution in [0, 0.1) is 5.82 Å². The molecule has 0 aliphatic rings. The highest BCUT2D eigenvalue weighted by molar-refractivity contribution is 7.89. The molecule has 0 aliphatic carbocycles. The molecule has 0 heterocycles. The van der Waals surface area contributed by atoms with Crippen molar-refractivity contribution in [1.29, 1.82) is 0 Å². The Balaban J connectivity index is 2.00. The van der Waals surface area contributed by atoms with Gasteiger partial charge in [0.1, 0.15) is 5.82 Å². The molecule has 30 heavy (non-hydrogen) atoms. The lowest BCUT2D eigenvalue weighted by molar-refractivity contribution is 0.290. The van der Waals surface area contributed by atoms with E-state index in [-0.39, 0.29) is 18.3 Å². The molecule has 6 nitrogen and oxygen atoms in total. The van der Waals surface area contributed by atoms with Crippen LogP contribution in [0.3, 0.4) is 0 Å². The number of aliphatic imine (C=N–C) groups is 1. The molecule has 0 saturated heterocycles. The van der Waals surface area contributed by atoms with Gasteiger partial charge in [-0.2, -0.15) is 0 Å². The van der Waals surface area contributed by atoms with Crippen molar-refractivity contribution in [3.8, 4) is 0 Å². The lowest BCUT2D eigenvalue weighted by atomic mass is 10.1. The molecule has 2 N–H and O–H groups in total. The molecule has 0 aliphatic heterocycles. The van der Waals surface area contributed by atoms with Gasteiger partial charge in [0.25, 0.3) is 0 Å². The topological polar surface area (TPSA) is 73.8 Å². The highest BCUT2D eigenvalue weighted by Gasteiger charge is 2.14. The van der Waals surface area contributed by atoms with Crippen molar-refractivity contribution < 1.29 is 12.8 Å². The molecule has 0 radical (unpaired) electrons. The third-order valence-corrected chi connectivity index (χ3v) is 5.64. The summed E-state index contributed by atoms with van der Waals surface area (Å²) in [5, 5.41) is 6.47. The van der Waals surface area contributed by atoms with E-state index in [1.165, 1.54) is 30.0 Å². The van der Waals surface area contributed by atoms with Crippen molar-refractivity contribution in [2.45, 2.75) is 24.8 Å². The van der Waals surface area contributed by atoms with E-state index in [1.807, 2.05) is 32.3 Å². The Morgan fingerprint density at radius 3 is 2.40 bits per heavy atom. The lowest BCUT2D eigenvalue weighted by Crippen LogP contribution is -2.45. The van der Waals surface area contributed by atoms with Gasteiger partial charge in [-0.1, -0.05) is 36.4 Å². The first-order valence-corrected chi connectivity index (χ1v) is 11.8. The second-order valence-corrected chi connectivity index (χ2v) is 9.74. The van der Waals surface area contributed by atoms with Gasteiger partial charge in [-0.25, -0.2) is 12.8 Å². The number of nitrogens with one attached hydrogen (secondary N) is 2. The van der Waals surface area contributed by atoms with Crippen LogP contribution in [0.25, 0.3) is 0 Å². The minimum absolute atomic E-state index is 0.129. The van der Waals surface area contributed by atoms with Crippen LogP contribution in [0.4, 0.5) is 4.39 Å². The Morgan fingerprint density at radius 2 is 1.80 bits per heavy atom. The molecule has 2 aromatic carbocycles. The second kappa shape index (κ2) is 11.1. The first kappa shape index (κ1) is 23.8. The minimum Gasteiger partial charge on any atom is -0.355 e. The zero-order valence-electron chi connectivity index (χ0n) is 18.0. The number of sulfone groups is 1. The molecular formula is C22H31FN4O2S. The summed E-state index contributed by atoms with van der Waals surface area (Å²) in [6.45, 7) is 0.939. The zero-order chi connectivity index (χ0) is 22.1. The third kappa shape index (κ3) is 8.12. The molecule has 0 fully saturated rings. The van der Waals surface area contributed by atoms with Crippen LogP contribution in [-0.4, -0.2) is 59.3 Å². The van der Waals surface area contributed by atoms with E-state index in [4.69, 9.17) is 0 Å². The van der Waals surface area contributed by atoms with Gasteiger partial charge >= 0.3 is 0 Å². The van der Waals surface area contributed by atoms with Crippen molar-refractivity contribution in [1.82, 2.24) is 15.5 Å². The molecule has 2 aromatic rings. The fourth-order valence-electron chi connectivity index (χ4n) is 3.12. The summed E-state index contributed by atoms with van der Waals surface area (Å²) in [4.78, 5) is 6.39. The number of benzene rings is 2. The molecule has 8 heteroatoms. The van der Waals surface area contributed by atoms with Gasteiger partial charge in [0.15, 0.2) is 15.8 Å². The summed E-state index contributed by atoms with van der Waals surface area (Å²) >= 11 is 0. The van der Waals surface area contributed by atoms with Crippen molar-refractivity contribution in [2.24, 2.45) is 4.99 Å². The minimum atomic E-state index is -3.22. The molecule has 164 valence electrons. The molecular weight excluding hydrogens is 403 g/mol. The Kier molecular flexibility index (Phi) is 8.80.